The highest BCUT2D eigenvalue weighted by molar-refractivity contribution is 9.11. The Bertz CT molecular complexity index is 821. The molecule has 0 unspecified atom stereocenters. The van der Waals surface area contributed by atoms with Gasteiger partial charge < -0.3 is 5.73 Å². The zero-order chi connectivity index (χ0) is 13.6. The molecule has 0 spiro atoms. The van der Waals surface area contributed by atoms with E-state index >= 15 is 0 Å². The molecule has 0 radical (unpaired) electrons. The number of fused-ring (bicyclic) bond motifs is 1. The average Bonchev–Trinajstić information content (AvgIpc) is 2.75. The highest BCUT2D eigenvalue weighted by atomic mass is 79.9. The van der Waals surface area contributed by atoms with Crippen molar-refractivity contribution in [3.63, 3.8) is 0 Å². The summed E-state index contributed by atoms with van der Waals surface area (Å²) in [5.74, 6) is 0. The zero-order valence-corrected chi connectivity index (χ0v) is 12.6. The normalized spacial score (nSPS) is 11.1. The first-order chi connectivity index (χ1) is 9.09. The van der Waals surface area contributed by atoms with Crippen LogP contribution in [-0.4, -0.2) is 4.40 Å². The Labute approximate surface area is 122 Å². The molecular formula is C14H11BrN2OS. The molecule has 1 aromatic carbocycles. The van der Waals surface area contributed by atoms with Crippen molar-refractivity contribution in [2.75, 3.05) is 5.73 Å². The minimum atomic E-state index is -0.0532. The summed E-state index contributed by atoms with van der Waals surface area (Å²) in [4.78, 5) is 13.0. The number of aromatic nitrogens is 1. The Hall–Kier alpha value is -1.59. The van der Waals surface area contributed by atoms with Crippen molar-refractivity contribution in [3.8, 4) is 11.3 Å². The Morgan fingerprint density at radius 2 is 1.95 bits per heavy atom. The van der Waals surface area contributed by atoms with Gasteiger partial charge in [-0.3, -0.25) is 9.20 Å². The fourth-order valence-electron chi connectivity index (χ4n) is 2.09. The number of nitrogens with two attached hydrogens (primary N) is 1. The van der Waals surface area contributed by atoms with Crippen molar-refractivity contribution in [1.29, 1.82) is 0 Å². The van der Waals surface area contributed by atoms with Crippen LogP contribution in [0.3, 0.4) is 0 Å². The van der Waals surface area contributed by atoms with Crippen LogP contribution in [0.15, 0.2) is 45.0 Å². The number of aryl methyl sites for hydroxylation is 1. The fraction of sp³-hybridized carbons (Fsp3) is 0.0714. The molecule has 2 N–H and O–H groups in total. The van der Waals surface area contributed by atoms with Gasteiger partial charge in [0.1, 0.15) is 4.83 Å². The van der Waals surface area contributed by atoms with E-state index in [2.05, 4.69) is 15.9 Å². The maximum atomic E-state index is 12.3. The van der Waals surface area contributed by atoms with Gasteiger partial charge in [-0.15, -0.1) is 11.3 Å². The highest BCUT2D eigenvalue weighted by Gasteiger charge is 2.16. The smallest absolute Gasteiger partial charge is 0.256 e. The summed E-state index contributed by atoms with van der Waals surface area (Å²) in [5, 5.41) is 0. The first kappa shape index (κ1) is 12.4. The van der Waals surface area contributed by atoms with Gasteiger partial charge >= 0.3 is 0 Å². The molecule has 0 amide bonds. The van der Waals surface area contributed by atoms with E-state index in [9.17, 15) is 4.79 Å². The summed E-state index contributed by atoms with van der Waals surface area (Å²) < 4.78 is 2.58. The van der Waals surface area contributed by atoms with E-state index in [1.54, 1.807) is 10.5 Å². The van der Waals surface area contributed by atoms with Gasteiger partial charge in [-0.25, -0.2) is 0 Å². The molecule has 0 aliphatic rings. The maximum absolute atomic E-state index is 12.3. The van der Waals surface area contributed by atoms with E-state index < -0.39 is 0 Å². The summed E-state index contributed by atoms with van der Waals surface area (Å²) in [5.41, 5.74) is 9.35. The van der Waals surface area contributed by atoms with Crippen LogP contribution in [0.5, 0.6) is 0 Å². The summed E-state index contributed by atoms with van der Waals surface area (Å²) >= 11 is 5.03. The van der Waals surface area contributed by atoms with E-state index in [4.69, 9.17) is 5.73 Å². The number of thiazole rings is 1. The SMILES string of the molecule is Cc1cc(=O)n2c(-c3ccccc3)c(Br)sc2c1N. The van der Waals surface area contributed by atoms with Gasteiger partial charge in [-0.05, 0) is 28.4 Å². The molecule has 96 valence electrons. The van der Waals surface area contributed by atoms with Crippen molar-refractivity contribution in [3.05, 3.63) is 56.1 Å². The Balaban J connectivity index is 2.48. The number of hydrogen-bond donors (Lipinski definition) is 1. The monoisotopic (exact) mass is 334 g/mol. The molecule has 0 saturated carbocycles. The van der Waals surface area contributed by atoms with Crippen LogP contribution in [0.2, 0.25) is 0 Å². The molecule has 0 fully saturated rings. The lowest BCUT2D eigenvalue weighted by Gasteiger charge is -2.05. The van der Waals surface area contributed by atoms with Crippen molar-refractivity contribution in [2.45, 2.75) is 6.92 Å². The molecule has 0 aliphatic heterocycles. The lowest BCUT2D eigenvalue weighted by atomic mass is 10.2. The topological polar surface area (TPSA) is 47.5 Å². The molecule has 2 aromatic heterocycles. The van der Waals surface area contributed by atoms with E-state index in [0.29, 0.717) is 5.69 Å². The third kappa shape index (κ3) is 1.89. The number of nitrogens with zero attached hydrogens (tertiary/aromatic N) is 1. The van der Waals surface area contributed by atoms with Gasteiger partial charge in [0, 0.05) is 11.6 Å². The molecule has 3 rings (SSSR count). The van der Waals surface area contributed by atoms with Gasteiger partial charge in [0.2, 0.25) is 0 Å². The summed E-state index contributed by atoms with van der Waals surface area (Å²) in [6.45, 7) is 1.85. The van der Waals surface area contributed by atoms with E-state index in [1.807, 2.05) is 37.3 Å². The van der Waals surface area contributed by atoms with Crippen molar-refractivity contribution >= 4 is 37.8 Å². The molecule has 0 saturated heterocycles. The first-order valence-electron chi connectivity index (χ1n) is 5.75. The van der Waals surface area contributed by atoms with Crippen LogP contribution < -0.4 is 11.3 Å². The van der Waals surface area contributed by atoms with E-state index in [1.165, 1.54) is 11.3 Å². The largest absolute Gasteiger partial charge is 0.396 e. The van der Waals surface area contributed by atoms with Gasteiger partial charge in [0.05, 0.1) is 15.2 Å². The molecule has 2 heterocycles. The molecule has 0 atom stereocenters. The van der Waals surface area contributed by atoms with Crippen LogP contribution >= 0.6 is 27.3 Å². The van der Waals surface area contributed by atoms with Gasteiger partial charge in [-0.2, -0.15) is 0 Å². The molecule has 0 bridgehead atoms. The zero-order valence-electron chi connectivity index (χ0n) is 10.2. The van der Waals surface area contributed by atoms with E-state index in [0.717, 1.165) is 25.4 Å². The Morgan fingerprint density at radius 1 is 1.26 bits per heavy atom. The maximum Gasteiger partial charge on any atom is 0.256 e. The molecule has 5 heteroatoms. The highest BCUT2D eigenvalue weighted by Crippen LogP contribution is 2.37. The second kappa shape index (κ2) is 4.51. The lowest BCUT2D eigenvalue weighted by molar-refractivity contribution is 1.12. The van der Waals surface area contributed by atoms with Crippen molar-refractivity contribution < 1.29 is 0 Å². The lowest BCUT2D eigenvalue weighted by Crippen LogP contribution is -2.14. The standard InChI is InChI=1S/C14H11BrN2OS/c1-8-7-10(18)17-12(9-5-3-2-4-6-9)13(15)19-14(17)11(8)16/h2-7H,16H2,1H3. The van der Waals surface area contributed by atoms with Crippen LogP contribution in [0.4, 0.5) is 5.69 Å². The second-order valence-electron chi connectivity index (χ2n) is 4.31. The Kier molecular flexibility index (Phi) is 2.95. The Morgan fingerprint density at radius 3 is 2.63 bits per heavy atom. The average molecular weight is 335 g/mol. The molecule has 3 aromatic rings. The van der Waals surface area contributed by atoms with Gasteiger partial charge in [0.25, 0.3) is 5.56 Å². The summed E-state index contributed by atoms with van der Waals surface area (Å²) in [7, 11) is 0. The minimum absolute atomic E-state index is 0.0532. The molecular weight excluding hydrogens is 324 g/mol. The summed E-state index contributed by atoms with van der Waals surface area (Å²) in [6.07, 6.45) is 0. The first-order valence-corrected chi connectivity index (χ1v) is 7.36. The molecule has 3 nitrogen and oxygen atoms in total. The van der Waals surface area contributed by atoms with Gasteiger partial charge in [-0.1, -0.05) is 30.3 Å². The molecule has 0 aliphatic carbocycles. The number of pyridine rings is 1. The van der Waals surface area contributed by atoms with Gasteiger partial charge in [0.15, 0.2) is 0 Å². The number of anilines is 1. The van der Waals surface area contributed by atoms with Crippen molar-refractivity contribution in [1.82, 2.24) is 4.40 Å². The predicted molar refractivity (Wildman–Crippen MR) is 83.8 cm³/mol. The second-order valence-corrected chi connectivity index (χ2v) is 6.63. The van der Waals surface area contributed by atoms with Crippen LogP contribution in [-0.2, 0) is 0 Å². The number of benzene rings is 1. The number of rotatable bonds is 1. The number of halogens is 1. The fourth-order valence-corrected chi connectivity index (χ4v) is 3.97. The predicted octanol–water partition coefficient (Wildman–Crippen LogP) is 3.68. The number of hydrogen-bond acceptors (Lipinski definition) is 3. The van der Waals surface area contributed by atoms with E-state index in [-0.39, 0.29) is 5.56 Å². The van der Waals surface area contributed by atoms with Crippen LogP contribution in [0.25, 0.3) is 16.1 Å². The third-order valence-electron chi connectivity index (χ3n) is 3.06. The van der Waals surface area contributed by atoms with Crippen LogP contribution in [0.1, 0.15) is 5.56 Å². The number of nitrogen functional groups attached to an aromatic ring is 1. The molecule has 19 heavy (non-hydrogen) atoms. The summed E-state index contributed by atoms with van der Waals surface area (Å²) in [6, 6.07) is 11.4. The van der Waals surface area contributed by atoms with Crippen LogP contribution in [0, 0.1) is 6.92 Å². The quantitative estimate of drug-likeness (QED) is 0.737. The third-order valence-corrected chi connectivity index (χ3v) is 4.89. The minimum Gasteiger partial charge on any atom is -0.396 e. The van der Waals surface area contributed by atoms with Crippen molar-refractivity contribution in [2.24, 2.45) is 0 Å².